The van der Waals surface area contributed by atoms with Gasteiger partial charge in [0.2, 0.25) is 5.91 Å². The molecule has 0 radical (unpaired) electrons. The largest absolute Gasteiger partial charge is 0.392 e. The van der Waals surface area contributed by atoms with Crippen LogP contribution >= 0.6 is 0 Å². The van der Waals surface area contributed by atoms with Crippen LogP contribution in [0.2, 0.25) is 0 Å². The summed E-state index contributed by atoms with van der Waals surface area (Å²) in [7, 11) is 1.73. The molecule has 1 fully saturated rings. The van der Waals surface area contributed by atoms with E-state index in [0.717, 1.165) is 29.5 Å². The Hall–Kier alpha value is -3.00. The minimum atomic E-state index is -0.530. The SMILES string of the molecule is Cc1nc2c(c(C)c1CC(=O)NC[C@@]1(Cc3ccc(F)cc3)CCC[C@@H]1O)c(=O)[nH]n2C. The number of aliphatic hydroxyl groups is 1. The first-order valence-corrected chi connectivity index (χ1v) is 10.9. The Morgan fingerprint density at radius 2 is 2.06 bits per heavy atom. The van der Waals surface area contributed by atoms with Crippen molar-refractivity contribution in [3.63, 3.8) is 0 Å². The zero-order valence-electron chi connectivity index (χ0n) is 18.7. The van der Waals surface area contributed by atoms with E-state index in [0.29, 0.717) is 36.1 Å². The van der Waals surface area contributed by atoms with E-state index in [-0.39, 0.29) is 23.7 Å². The number of pyridine rings is 1. The van der Waals surface area contributed by atoms with E-state index in [1.54, 1.807) is 23.9 Å². The third kappa shape index (κ3) is 4.07. The number of halogens is 1. The number of nitrogens with zero attached hydrogens (tertiary/aromatic N) is 2. The molecule has 8 heteroatoms. The minimum absolute atomic E-state index is 0.109. The van der Waals surface area contributed by atoms with Gasteiger partial charge in [0.15, 0.2) is 5.65 Å². The molecule has 1 aliphatic carbocycles. The van der Waals surface area contributed by atoms with Crippen LogP contribution in [0.15, 0.2) is 29.1 Å². The highest BCUT2D eigenvalue weighted by Gasteiger charge is 2.42. The molecule has 2 atom stereocenters. The lowest BCUT2D eigenvalue weighted by Crippen LogP contribution is -2.44. The molecule has 1 aliphatic rings. The van der Waals surface area contributed by atoms with Gasteiger partial charge < -0.3 is 10.4 Å². The van der Waals surface area contributed by atoms with E-state index in [2.05, 4.69) is 15.4 Å². The number of aryl methyl sites for hydroxylation is 3. The molecule has 0 bridgehead atoms. The average molecular weight is 441 g/mol. The number of carbonyl (C=O) groups excluding carboxylic acids is 1. The van der Waals surface area contributed by atoms with Crippen LogP contribution in [0.25, 0.3) is 11.0 Å². The Labute approximate surface area is 185 Å². The number of fused-ring (bicyclic) bond motifs is 1. The van der Waals surface area contributed by atoms with Crippen molar-refractivity contribution in [1.82, 2.24) is 20.1 Å². The molecular weight excluding hydrogens is 411 g/mol. The van der Waals surface area contributed by atoms with Gasteiger partial charge in [-0.2, -0.15) is 0 Å². The summed E-state index contributed by atoms with van der Waals surface area (Å²) >= 11 is 0. The lowest BCUT2D eigenvalue weighted by molar-refractivity contribution is -0.121. The van der Waals surface area contributed by atoms with Crippen LogP contribution < -0.4 is 10.9 Å². The van der Waals surface area contributed by atoms with Gasteiger partial charge in [0.05, 0.1) is 17.9 Å². The van der Waals surface area contributed by atoms with Crippen LogP contribution in [0.3, 0.4) is 0 Å². The van der Waals surface area contributed by atoms with E-state index in [4.69, 9.17) is 0 Å². The summed E-state index contributed by atoms with van der Waals surface area (Å²) in [5, 5.41) is 16.9. The summed E-state index contributed by atoms with van der Waals surface area (Å²) in [5.74, 6) is -0.473. The van der Waals surface area contributed by atoms with Crippen molar-refractivity contribution in [3.05, 3.63) is 62.8 Å². The normalized spacial score (nSPS) is 20.7. The molecule has 1 saturated carbocycles. The quantitative estimate of drug-likeness (QED) is 0.548. The maximum Gasteiger partial charge on any atom is 0.273 e. The lowest BCUT2D eigenvalue weighted by Gasteiger charge is -2.33. The number of amides is 1. The maximum absolute atomic E-state index is 13.3. The summed E-state index contributed by atoms with van der Waals surface area (Å²) in [4.78, 5) is 29.7. The molecule has 1 aromatic carbocycles. The predicted octanol–water partition coefficient (Wildman–Crippen LogP) is 2.45. The molecule has 2 heterocycles. The molecule has 0 aliphatic heterocycles. The second-order valence-corrected chi connectivity index (χ2v) is 9.03. The Bertz CT molecular complexity index is 1210. The minimum Gasteiger partial charge on any atom is -0.392 e. The van der Waals surface area contributed by atoms with Gasteiger partial charge in [-0.1, -0.05) is 18.6 Å². The molecule has 0 spiro atoms. The molecule has 0 saturated heterocycles. The fourth-order valence-electron chi connectivity index (χ4n) is 5.01. The zero-order chi connectivity index (χ0) is 23.0. The third-order valence-corrected chi connectivity index (χ3v) is 6.88. The molecule has 32 heavy (non-hydrogen) atoms. The first kappa shape index (κ1) is 22.2. The molecule has 1 amide bonds. The summed E-state index contributed by atoms with van der Waals surface area (Å²) in [6.07, 6.45) is 2.51. The Morgan fingerprint density at radius 3 is 2.72 bits per heavy atom. The number of aromatic nitrogens is 3. The van der Waals surface area contributed by atoms with Gasteiger partial charge in [0.25, 0.3) is 5.56 Å². The van der Waals surface area contributed by atoms with E-state index in [9.17, 15) is 19.1 Å². The van der Waals surface area contributed by atoms with Crippen molar-refractivity contribution in [2.45, 2.75) is 52.1 Å². The summed E-state index contributed by atoms with van der Waals surface area (Å²) in [6, 6.07) is 6.30. The fourth-order valence-corrected chi connectivity index (χ4v) is 5.01. The molecule has 3 aromatic rings. The summed E-state index contributed by atoms with van der Waals surface area (Å²) < 4.78 is 14.9. The fraction of sp³-hybridized carbons (Fsp3) is 0.458. The first-order valence-electron chi connectivity index (χ1n) is 10.9. The number of hydrogen-bond acceptors (Lipinski definition) is 4. The summed E-state index contributed by atoms with van der Waals surface area (Å²) in [6.45, 7) is 4.01. The number of benzene rings is 1. The molecule has 4 rings (SSSR count). The van der Waals surface area contributed by atoms with Crippen LogP contribution in [0.5, 0.6) is 0 Å². The lowest BCUT2D eigenvalue weighted by atomic mass is 9.78. The number of aliphatic hydroxyl groups excluding tert-OH is 1. The van der Waals surface area contributed by atoms with Gasteiger partial charge in [-0.05, 0) is 61.9 Å². The third-order valence-electron chi connectivity index (χ3n) is 6.88. The van der Waals surface area contributed by atoms with Gasteiger partial charge in [-0.15, -0.1) is 0 Å². The van der Waals surface area contributed by atoms with Crippen LogP contribution in [-0.2, 0) is 24.7 Å². The van der Waals surface area contributed by atoms with Crippen LogP contribution in [0.4, 0.5) is 4.39 Å². The second kappa shape index (κ2) is 8.50. The highest BCUT2D eigenvalue weighted by molar-refractivity contribution is 5.84. The molecule has 7 nitrogen and oxygen atoms in total. The van der Waals surface area contributed by atoms with Crippen molar-refractivity contribution in [3.8, 4) is 0 Å². The Kier molecular flexibility index (Phi) is 5.90. The number of carbonyl (C=O) groups is 1. The van der Waals surface area contributed by atoms with Crippen molar-refractivity contribution in [1.29, 1.82) is 0 Å². The molecular formula is C24H29FN4O3. The maximum atomic E-state index is 13.3. The zero-order valence-corrected chi connectivity index (χ0v) is 18.7. The topological polar surface area (TPSA) is 100 Å². The predicted molar refractivity (Wildman–Crippen MR) is 120 cm³/mol. The number of H-pyrrole nitrogens is 1. The number of nitrogens with one attached hydrogen (secondary N) is 2. The second-order valence-electron chi connectivity index (χ2n) is 9.03. The first-order chi connectivity index (χ1) is 15.2. The van der Waals surface area contributed by atoms with Gasteiger partial charge in [-0.3, -0.25) is 19.4 Å². The van der Waals surface area contributed by atoms with E-state index < -0.39 is 11.5 Å². The highest BCUT2D eigenvalue weighted by Crippen LogP contribution is 2.41. The van der Waals surface area contributed by atoms with E-state index in [1.807, 2.05) is 13.8 Å². The Morgan fingerprint density at radius 1 is 1.34 bits per heavy atom. The van der Waals surface area contributed by atoms with Crippen molar-refractivity contribution in [2.75, 3.05) is 6.54 Å². The van der Waals surface area contributed by atoms with E-state index in [1.165, 1.54) is 12.1 Å². The van der Waals surface area contributed by atoms with Crippen molar-refractivity contribution >= 4 is 16.9 Å². The van der Waals surface area contributed by atoms with Gasteiger partial charge in [-0.25, -0.2) is 9.37 Å². The average Bonchev–Trinajstić information content (AvgIpc) is 3.24. The summed E-state index contributed by atoms with van der Waals surface area (Å²) in [5.41, 5.74) is 3.02. The molecule has 3 N–H and O–H groups in total. The highest BCUT2D eigenvalue weighted by atomic mass is 19.1. The number of rotatable bonds is 6. The van der Waals surface area contributed by atoms with Crippen LogP contribution in [-0.4, -0.2) is 38.4 Å². The number of hydrogen-bond donors (Lipinski definition) is 3. The van der Waals surface area contributed by atoms with Gasteiger partial charge in [0.1, 0.15) is 5.82 Å². The van der Waals surface area contributed by atoms with Crippen LogP contribution in [0.1, 0.15) is 41.6 Å². The molecule has 0 unspecified atom stereocenters. The monoisotopic (exact) mass is 440 g/mol. The van der Waals surface area contributed by atoms with Crippen molar-refractivity contribution in [2.24, 2.45) is 12.5 Å². The van der Waals surface area contributed by atoms with Gasteiger partial charge >= 0.3 is 0 Å². The smallest absolute Gasteiger partial charge is 0.273 e. The Balaban J connectivity index is 1.51. The molecule has 2 aromatic heterocycles. The standard InChI is InChI=1S/C24H29FN4O3/c1-14-18(15(2)27-22-21(14)23(32)28-29(22)3)11-20(31)26-13-24(10-4-5-19(24)30)12-16-6-8-17(25)9-7-16/h6-9,19,30H,4-5,10-13H2,1-3H3,(H,26,31)(H,28,32)/t19-,24-/m0/s1. The van der Waals surface area contributed by atoms with Crippen LogP contribution in [0, 0.1) is 25.1 Å². The molecule has 170 valence electrons. The van der Waals surface area contributed by atoms with E-state index >= 15 is 0 Å². The van der Waals surface area contributed by atoms with Gasteiger partial charge in [0, 0.05) is 24.7 Å². The van der Waals surface area contributed by atoms with Crippen molar-refractivity contribution < 1.29 is 14.3 Å². The number of aromatic amines is 1.